The fourth-order valence-electron chi connectivity index (χ4n) is 3.21. The van der Waals surface area contributed by atoms with E-state index in [9.17, 15) is 14.4 Å². The third kappa shape index (κ3) is 8.10. The first-order valence-electron chi connectivity index (χ1n) is 9.45. The van der Waals surface area contributed by atoms with Crippen molar-refractivity contribution in [3.63, 3.8) is 0 Å². The van der Waals surface area contributed by atoms with E-state index in [1.165, 1.54) is 18.2 Å². The van der Waals surface area contributed by atoms with Crippen molar-refractivity contribution in [2.75, 3.05) is 20.1 Å². The Kier molecular flexibility index (Phi) is 10.00. The van der Waals surface area contributed by atoms with Gasteiger partial charge in [0, 0.05) is 12.0 Å². The van der Waals surface area contributed by atoms with Gasteiger partial charge in [0.25, 0.3) is 0 Å². The van der Waals surface area contributed by atoms with Crippen molar-refractivity contribution in [2.45, 2.75) is 39.8 Å². The lowest BCUT2D eigenvalue weighted by molar-refractivity contribution is -0.132. The number of piperidine rings is 1. The molecule has 31 heavy (non-hydrogen) atoms. The van der Waals surface area contributed by atoms with E-state index in [-0.39, 0.29) is 23.0 Å². The molecule has 1 aromatic rings. The van der Waals surface area contributed by atoms with Crippen molar-refractivity contribution >= 4 is 81.6 Å². The summed E-state index contributed by atoms with van der Waals surface area (Å²) in [5.41, 5.74) is -0.578. The largest absolute Gasteiger partial charge is 0.456 e. The molecule has 1 saturated heterocycles. The minimum Gasteiger partial charge on any atom is -0.456 e. The van der Waals surface area contributed by atoms with Gasteiger partial charge >= 0.3 is 17.9 Å². The van der Waals surface area contributed by atoms with Crippen molar-refractivity contribution in [3.8, 4) is 11.5 Å². The molecule has 0 unspecified atom stereocenters. The zero-order chi connectivity index (χ0) is 23.3. The molecule has 1 fully saturated rings. The summed E-state index contributed by atoms with van der Waals surface area (Å²) in [5, 5.41) is 0. The Morgan fingerprint density at radius 3 is 1.81 bits per heavy atom. The molecular weight excluding hydrogens is 670 g/mol. The number of ether oxygens (including phenoxy) is 3. The average Bonchev–Trinajstić information content (AvgIpc) is 2.67. The molecule has 0 aromatic heterocycles. The first kappa shape index (κ1) is 26.8. The standard InChI is InChI=1S/C20H23Br4NO6/c1-20(2,12-4-6-25(3)7-5-12)31-17(26)11-8-13(29-18(27)15(21)22)10-14(9-11)30-19(28)16(23)24/h8-10,12,15-16H,4-7H2,1-3H3. The average molecular weight is 693 g/mol. The van der Waals surface area contributed by atoms with Crippen LogP contribution in [0.5, 0.6) is 11.5 Å². The highest BCUT2D eigenvalue weighted by atomic mass is 79.9. The predicted octanol–water partition coefficient (Wildman–Crippen LogP) is 5.01. The minimum atomic E-state index is -0.737. The number of alkyl halides is 4. The van der Waals surface area contributed by atoms with E-state index in [1.54, 1.807) is 0 Å². The summed E-state index contributed by atoms with van der Waals surface area (Å²) in [6.07, 6.45) is 1.85. The number of likely N-dealkylation sites (tertiary alicyclic amines) is 1. The number of hydrogen-bond acceptors (Lipinski definition) is 7. The van der Waals surface area contributed by atoms with Crippen LogP contribution in [0.2, 0.25) is 0 Å². The van der Waals surface area contributed by atoms with Crippen molar-refractivity contribution in [3.05, 3.63) is 23.8 Å². The topological polar surface area (TPSA) is 82.1 Å². The van der Waals surface area contributed by atoms with Gasteiger partial charge in [-0.2, -0.15) is 0 Å². The van der Waals surface area contributed by atoms with Gasteiger partial charge in [0.2, 0.25) is 0 Å². The molecule has 1 aliphatic heterocycles. The van der Waals surface area contributed by atoms with E-state index in [2.05, 4.69) is 75.7 Å². The molecule has 0 amide bonds. The lowest BCUT2D eigenvalue weighted by Crippen LogP contribution is -2.43. The van der Waals surface area contributed by atoms with E-state index in [4.69, 9.17) is 14.2 Å². The first-order chi connectivity index (χ1) is 14.4. The van der Waals surface area contributed by atoms with Gasteiger partial charge in [0.1, 0.15) is 17.1 Å². The maximum Gasteiger partial charge on any atom is 0.338 e. The van der Waals surface area contributed by atoms with Crippen LogP contribution in [0.4, 0.5) is 0 Å². The number of nitrogens with zero attached hydrogens (tertiary/aromatic N) is 1. The van der Waals surface area contributed by atoms with Gasteiger partial charge in [0.05, 0.1) is 5.56 Å². The van der Waals surface area contributed by atoms with E-state index in [1.807, 2.05) is 13.8 Å². The van der Waals surface area contributed by atoms with Crippen molar-refractivity contribution < 1.29 is 28.6 Å². The van der Waals surface area contributed by atoms with Crippen LogP contribution in [0.15, 0.2) is 18.2 Å². The number of benzene rings is 1. The maximum absolute atomic E-state index is 13.0. The Morgan fingerprint density at radius 2 is 1.39 bits per heavy atom. The Bertz CT molecular complexity index is 782. The van der Waals surface area contributed by atoms with Gasteiger partial charge in [-0.1, -0.05) is 63.7 Å². The lowest BCUT2D eigenvalue weighted by Gasteiger charge is -2.39. The second-order valence-electron chi connectivity index (χ2n) is 7.71. The predicted molar refractivity (Wildman–Crippen MR) is 131 cm³/mol. The van der Waals surface area contributed by atoms with E-state index in [0.717, 1.165) is 25.9 Å². The molecular formula is C20H23Br4NO6. The first-order valence-corrected chi connectivity index (χ1v) is 13.1. The minimum absolute atomic E-state index is 0.0453. The molecule has 0 atom stereocenters. The van der Waals surface area contributed by atoms with Crippen molar-refractivity contribution in [1.82, 2.24) is 4.90 Å². The van der Waals surface area contributed by atoms with E-state index in [0.29, 0.717) is 0 Å². The molecule has 11 heteroatoms. The van der Waals surface area contributed by atoms with E-state index >= 15 is 0 Å². The summed E-state index contributed by atoms with van der Waals surface area (Å²) in [4.78, 5) is 39.1. The Morgan fingerprint density at radius 1 is 0.935 bits per heavy atom. The summed E-state index contributed by atoms with van der Waals surface area (Å²) in [5.74, 6) is -1.55. The smallest absolute Gasteiger partial charge is 0.338 e. The zero-order valence-corrected chi connectivity index (χ0v) is 23.5. The molecule has 7 nitrogen and oxygen atoms in total. The molecule has 0 N–H and O–H groups in total. The van der Waals surface area contributed by atoms with E-state index < -0.39 is 31.0 Å². The number of esters is 3. The molecule has 0 saturated carbocycles. The van der Waals surface area contributed by atoms with Crippen LogP contribution >= 0.6 is 63.7 Å². The molecule has 0 radical (unpaired) electrons. The molecule has 1 heterocycles. The molecule has 0 spiro atoms. The number of rotatable bonds is 7. The second kappa shape index (κ2) is 11.6. The maximum atomic E-state index is 13.0. The lowest BCUT2D eigenvalue weighted by atomic mass is 9.83. The third-order valence-electron chi connectivity index (χ3n) is 4.97. The fourth-order valence-corrected chi connectivity index (χ4v) is 3.59. The number of hydrogen-bond donors (Lipinski definition) is 0. The van der Waals surface area contributed by atoms with Gasteiger partial charge in [-0.25, -0.2) is 14.4 Å². The zero-order valence-electron chi connectivity index (χ0n) is 17.2. The second-order valence-corrected chi connectivity index (χ2v) is 13.8. The molecule has 0 aliphatic carbocycles. The summed E-state index contributed by atoms with van der Waals surface area (Å²) in [7, 11) is 2.07. The molecule has 1 aromatic carbocycles. The number of carbonyl (C=O) groups is 3. The summed E-state index contributed by atoms with van der Waals surface area (Å²) in [6, 6.07) is 4.11. The van der Waals surface area contributed by atoms with Crippen LogP contribution in [0, 0.1) is 5.92 Å². The highest BCUT2D eigenvalue weighted by Gasteiger charge is 2.35. The fraction of sp³-hybridized carbons (Fsp3) is 0.550. The van der Waals surface area contributed by atoms with Gasteiger partial charge in [-0.3, -0.25) is 0 Å². The molecule has 172 valence electrons. The van der Waals surface area contributed by atoms with Crippen LogP contribution in [0.25, 0.3) is 0 Å². The quantitative estimate of drug-likeness (QED) is 0.226. The SMILES string of the molecule is CN1CCC(C(C)(C)OC(=O)c2cc(OC(=O)C(Br)Br)cc(OC(=O)C(Br)Br)c2)CC1. The van der Waals surface area contributed by atoms with Gasteiger partial charge in [0.15, 0.2) is 7.47 Å². The van der Waals surface area contributed by atoms with Gasteiger partial charge in [-0.05, 0) is 59.0 Å². The molecule has 1 aliphatic rings. The van der Waals surface area contributed by atoms with Gasteiger partial charge < -0.3 is 19.1 Å². The van der Waals surface area contributed by atoms with Crippen LogP contribution < -0.4 is 9.47 Å². The monoisotopic (exact) mass is 689 g/mol. The summed E-state index contributed by atoms with van der Waals surface area (Å²) >= 11 is 12.2. The van der Waals surface area contributed by atoms with Crippen molar-refractivity contribution in [1.29, 1.82) is 0 Å². The third-order valence-corrected chi connectivity index (χ3v) is 6.46. The molecule has 0 bridgehead atoms. The normalized spacial score (nSPS) is 15.8. The van der Waals surface area contributed by atoms with Crippen molar-refractivity contribution in [2.24, 2.45) is 5.92 Å². The Labute approximate surface area is 215 Å². The van der Waals surface area contributed by atoms with Crippen LogP contribution in [-0.2, 0) is 14.3 Å². The van der Waals surface area contributed by atoms with Crippen LogP contribution in [0.3, 0.4) is 0 Å². The highest BCUT2D eigenvalue weighted by molar-refractivity contribution is 9.25. The Balaban J connectivity index is 2.26. The number of halogens is 4. The summed E-state index contributed by atoms with van der Waals surface area (Å²) < 4.78 is 14.9. The highest BCUT2D eigenvalue weighted by Crippen LogP contribution is 2.33. The Hall–Kier alpha value is -0.490. The van der Waals surface area contributed by atoms with Crippen LogP contribution in [0.1, 0.15) is 37.0 Å². The molecule has 2 rings (SSSR count). The van der Waals surface area contributed by atoms with Crippen LogP contribution in [-0.4, -0.2) is 56.0 Å². The van der Waals surface area contributed by atoms with Gasteiger partial charge in [-0.15, -0.1) is 0 Å². The number of carbonyl (C=O) groups excluding carboxylic acids is 3. The summed E-state index contributed by atoms with van der Waals surface area (Å²) in [6.45, 7) is 5.67.